The Balaban J connectivity index is 2.02. The molecule has 0 amide bonds. The second-order valence-electron chi connectivity index (χ2n) is 7.32. The fraction of sp³-hybridized carbons (Fsp3) is 0.364. The Labute approximate surface area is 191 Å². The van der Waals surface area contributed by atoms with E-state index in [1.165, 1.54) is 23.3 Å². The Hall–Kier alpha value is -3.06. The lowest BCUT2D eigenvalue weighted by Gasteiger charge is -2.28. The van der Waals surface area contributed by atoms with Crippen LogP contribution >= 0.6 is 0 Å². The molecule has 2 aromatic rings. The normalized spacial score (nSPS) is 12.5. The summed E-state index contributed by atoms with van der Waals surface area (Å²) < 4.78 is 0. The van der Waals surface area contributed by atoms with Gasteiger partial charge in [0, 0.05) is 44.0 Å². The van der Waals surface area contributed by atoms with Crippen molar-refractivity contribution in [3.8, 4) is 5.75 Å². The van der Waals surface area contributed by atoms with Gasteiger partial charge in [-0.15, -0.1) is 0 Å². The largest absolute Gasteiger partial charge is 0.507 e. The zero-order chi connectivity index (χ0) is 23.8. The molecule has 8 N–H and O–H groups in total. The molecule has 11 heteroatoms. The van der Waals surface area contributed by atoms with E-state index in [0.29, 0.717) is 38.4 Å². The van der Waals surface area contributed by atoms with Gasteiger partial charge in [0.25, 0.3) is 0 Å². The van der Waals surface area contributed by atoms with Crippen molar-refractivity contribution in [1.29, 1.82) is 0 Å². The van der Waals surface area contributed by atoms with Gasteiger partial charge in [0.05, 0.1) is 42.1 Å². The number of aromatic hydroxyl groups is 1. The van der Waals surface area contributed by atoms with Gasteiger partial charge in [-0.05, 0) is 18.2 Å². The minimum Gasteiger partial charge on any atom is -0.507 e. The van der Waals surface area contributed by atoms with Crippen LogP contribution in [0.3, 0.4) is 0 Å². The number of fused-ring (bicyclic) bond motifs is 2. The summed E-state index contributed by atoms with van der Waals surface area (Å²) in [7, 11) is 0. The molecule has 0 heterocycles. The van der Waals surface area contributed by atoms with Gasteiger partial charge < -0.3 is 31.3 Å². The highest BCUT2D eigenvalue weighted by atomic mass is 16.8. The summed E-state index contributed by atoms with van der Waals surface area (Å²) in [6.45, 7) is 2.41. The summed E-state index contributed by atoms with van der Waals surface area (Å²) in [5.41, 5.74) is 1.05. The number of phenols is 1. The smallest absolute Gasteiger partial charge is 0.200 e. The van der Waals surface area contributed by atoms with Crippen LogP contribution in [0.15, 0.2) is 30.3 Å². The van der Waals surface area contributed by atoms with Crippen LogP contribution in [-0.2, 0) is 4.94 Å². The van der Waals surface area contributed by atoms with Crippen LogP contribution in [0.2, 0.25) is 0 Å². The monoisotopic (exact) mass is 459 g/mol. The van der Waals surface area contributed by atoms with Gasteiger partial charge in [-0.3, -0.25) is 9.59 Å². The first-order valence-electron chi connectivity index (χ1n) is 10.6. The Morgan fingerprint density at radius 3 is 2.27 bits per heavy atom. The standard InChI is InChI=1S/C22H29N5O6/c23-33-27(11-8-25-10-13-29)16-5-4-15(26-7-6-24-9-12-28)19-20(16)22(32)18-14(21(19)31)2-1-3-17(18)30/h1-5,24-26,28-30H,6-13,23H2. The minimum absolute atomic E-state index is 0.0133. The molecule has 0 spiro atoms. The number of phenolic OH excluding ortho intramolecular Hbond substituents is 1. The maximum absolute atomic E-state index is 13.5. The van der Waals surface area contributed by atoms with Crippen LogP contribution in [0.5, 0.6) is 5.75 Å². The van der Waals surface area contributed by atoms with Gasteiger partial charge in [-0.2, -0.15) is 10.8 Å². The number of carbonyl (C=O) groups is 2. The summed E-state index contributed by atoms with van der Waals surface area (Å²) in [4.78, 5) is 31.9. The molecule has 0 aliphatic heterocycles. The number of nitrogens with zero attached hydrogens (tertiary/aromatic N) is 1. The third-order valence-electron chi connectivity index (χ3n) is 5.23. The third kappa shape index (κ3) is 5.30. The van der Waals surface area contributed by atoms with E-state index in [1.54, 1.807) is 12.1 Å². The summed E-state index contributed by atoms with van der Waals surface area (Å²) in [6.07, 6.45) is 0. The van der Waals surface area contributed by atoms with E-state index in [1.807, 2.05) is 0 Å². The van der Waals surface area contributed by atoms with Gasteiger partial charge in [0.15, 0.2) is 5.78 Å². The van der Waals surface area contributed by atoms with Crippen molar-refractivity contribution in [1.82, 2.24) is 10.6 Å². The molecule has 11 nitrogen and oxygen atoms in total. The molecule has 1 aliphatic carbocycles. The van der Waals surface area contributed by atoms with Crippen LogP contribution < -0.4 is 26.9 Å². The number of nitrogens with one attached hydrogen (secondary N) is 3. The first kappa shape index (κ1) is 24.6. The predicted octanol–water partition coefficient (Wildman–Crippen LogP) is -0.645. The van der Waals surface area contributed by atoms with Gasteiger partial charge >= 0.3 is 0 Å². The predicted molar refractivity (Wildman–Crippen MR) is 122 cm³/mol. The molecule has 0 fully saturated rings. The van der Waals surface area contributed by atoms with Crippen molar-refractivity contribution in [3.05, 3.63) is 52.6 Å². The van der Waals surface area contributed by atoms with E-state index in [0.717, 1.165) is 0 Å². The van der Waals surface area contributed by atoms with E-state index in [9.17, 15) is 14.7 Å². The first-order valence-corrected chi connectivity index (χ1v) is 10.6. The Bertz CT molecular complexity index is 999. The summed E-state index contributed by atoms with van der Waals surface area (Å²) in [6, 6.07) is 7.68. The number of hydrogen-bond acceptors (Lipinski definition) is 11. The van der Waals surface area contributed by atoms with E-state index < -0.39 is 11.6 Å². The number of aliphatic hydroxyl groups is 2. The molecule has 178 valence electrons. The SMILES string of the molecule is NON(CCNCCO)c1ccc(NCCNCCO)c2c1C(=O)c1c(O)cccc1C2=O. The lowest BCUT2D eigenvalue weighted by atomic mass is 9.81. The average Bonchev–Trinajstić information content (AvgIpc) is 2.82. The third-order valence-corrected chi connectivity index (χ3v) is 5.23. The molecule has 0 unspecified atom stereocenters. The van der Waals surface area contributed by atoms with Crippen molar-refractivity contribution < 1.29 is 29.8 Å². The maximum Gasteiger partial charge on any atom is 0.200 e. The summed E-state index contributed by atoms with van der Waals surface area (Å²) in [5, 5.41) is 38.6. The molecule has 0 saturated carbocycles. The number of aliphatic hydroxyl groups excluding tert-OH is 2. The molecular weight excluding hydrogens is 430 g/mol. The molecular formula is C22H29N5O6. The molecule has 0 aromatic heterocycles. The van der Waals surface area contributed by atoms with Gasteiger partial charge in [-0.1, -0.05) is 12.1 Å². The molecule has 1 aliphatic rings. The fourth-order valence-corrected chi connectivity index (χ4v) is 3.74. The number of hydrogen-bond donors (Lipinski definition) is 7. The van der Waals surface area contributed by atoms with Crippen molar-refractivity contribution in [3.63, 3.8) is 0 Å². The van der Waals surface area contributed by atoms with Crippen LogP contribution in [0.25, 0.3) is 0 Å². The highest BCUT2D eigenvalue weighted by Crippen LogP contribution is 2.40. The molecule has 0 bridgehead atoms. The van der Waals surface area contributed by atoms with Gasteiger partial charge in [-0.25, -0.2) is 5.06 Å². The zero-order valence-electron chi connectivity index (χ0n) is 18.1. The van der Waals surface area contributed by atoms with Crippen molar-refractivity contribution in [2.45, 2.75) is 0 Å². The van der Waals surface area contributed by atoms with Crippen molar-refractivity contribution in [2.24, 2.45) is 5.90 Å². The second-order valence-corrected chi connectivity index (χ2v) is 7.32. The first-order chi connectivity index (χ1) is 16.0. The lowest BCUT2D eigenvalue weighted by molar-refractivity contribution is 0.0963. The van der Waals surface area contributed by atoms with Gasteiger partial charge in [0.2, 0.25) is 5.78 Å². The van der Waals surface area contributed by atoms with Crippen LogP contribution in [0.4, 0.5) is 11.4 Å². The molecule has 0 radical (unpaired) electrons. The number of benzene rings is 2. The van der Waals surface area contributed by atoms with Crippen molar-refractivity contribution in [2.75, 3.05) is 62.9 Å². The fourth-order valence-electron chi connectivity index (χ4n) is 3.74. The Kier molecular flexibility index (Phi) is 8.72. The number of ketones is 2. The number of rotatable bonds is 13. The molecule has 33 heavy (non-hydrogen) atoms. The van der Waals surface area contributed by atoms with Crippen LogP contribution in [-0.4, -0.2) is 79.4 Å². The van der Waals surface area contributed by atoms with Crippen molar-refractivity contribution >= 4 is 22.9 Å². The summed E-state index contributed by atoms with van der Waals surface area (Å²) >= 11 is 0. The molecule has 0 saturated heterocycles. The Morgan fingerprint density at radius 1 is 0.848 bits per heavy atom. The van der Waals surface area contributed by atoms with E-state index >= 15 is 0 Å². The van der Waals surface area contributed by atoms with E-state index in [4.69, 9.17) is 21.0 Å². The summed E-state index contributed by atoms with van der Waals surface area (Å²) in [5.74, 6) is 4.28. The van der Waals surface area contributed by atoms with Gasteiger partial charge in [0.1, 0.15) is 5.75 Å². The molecule has 2 aromatic carbocycles. The van der Waals surface area contributed by atoms with E-state index in [2.05, 4.69) is 16.0 Å². The van der Waals surface area contributed by atoms with E-state index in [-0.39, 0.29) is 53.4 Å². The second kappa shape index (κ2) is 11.7. The Morgan fingerprint density at radius 2 is 1.58 bits per heavy atom. The average molecular weight is 460 g/mol. The molecule has 3 rings (SSSR count). The number of carbonyl (C=O) groups excluding carboxylic acids is 2. The van der Waals surface area contributed by atoms with Crippen LogP contribution in [0.1, 0.15) is 31.8 Å². The topological polar surface area (TPSA) is 169 Å². The number of hydroxylamine groups is 1. The highest BCUT2D eigenvalue weighted by Gasteiger charge is 2.37. The highest BCUT2D eigenvalue weighted by molar-refractivity contribution is 6.32. The number of anilines is 2. The minimum atomic E-state index is -0.514. The quantitative estimate of drug-likeness (QED) is 0.128. The molecule has 0 atom stereocenters. The zero-order valence-corrected chi connectivity index (χ0v) is 18.1. The maximum atomic E-state index is 13.5. The lowest BCUT2D eigenvalue weighted by Crippen LogP contribution is -2.37. The van der Waals surface area contributed by atoms with Crippen LogP contribution in [0, 0.1) is 0 Å². The number of nitrogens with two attached hydrogens (primary N) is 1.